The molecule has 29 heavy (non-hydrogen) atoms. The fourth-order valence-corrected chi connectivity index (χ4v) is 3.15. The van der Waals surface area contributed by atoms with Gasteiger partial charge < -0.3 is 10.1 Å². The molecule has 0 aliphatic heterocycles. The van der Waals surface area contributed by atoms with Crippen LogP contribution in [0.3, 0.4) is 0 Å². The Morgan fingerprint density at radius 1 is 1.07 bits per heavy atom. The number of amides is 2. The number of carbonyl (C=O) groups excluding carboxylic acids is 2. The Bertz CT molecular complexity index is 1000. The molecule has 3 rings (SSSR count). The Hall–Kier alpha value is -3.52. The number of rotatable bonds is 7. The molecule has 0 spiro atoms. The van der Waals surface area contributed by atoms with Crippen molar-refractivity contribution >= 4 is 34.4 Å². The highest BCUT2D eigenvalue weighted by Gasteiger charge is 2.17. The minimum Gasteiger partial charge on any atom is -0.497 e. The first-order valence-electron chi connectivity index (χ1n) is 8.87. The maximum atomic E-state index is 12.3. The highest BCUT2D eigenvalue weighted by molar-refractivity contribution is 7.18. The van der Waals surface area contributed by atoms with Gasteiger partial charge in [0.25, 0.3) is 0 Å². The van der Waals surface area contributed by atoms with E-state index in [1.165, 1.54) is 17.4 Å². The van der Waals surface area contributed by atoms with Crippen molar-refractivity contribution in [3.63, 3.8) is 0 Å². The van der Waals surface area contributed by atoms with Crippen molar-refractivity contribution in [1.29, 1.82) is 0 Å². The van der Waals surface area contributed by atoms with Crippen LogP contribution in [-0.2, 0) is 9.59 Å². The van der Waals surface area contributed by atoms with E-state index in [0.717, 1.165) is 16.9 Å². The number of nitrogens with zero attached hydrogens (tertiary/aromatic N) is 2. The molecule has 3 aromatic rings. The summed E-state index contributed by atoms with van der Waals surface area (Å²) in [5.74, 6) is 0.0225. The highest BCUT2D eigenvalue weighted by atomic mass is 32.1. The van der Waals surface area contributed by atoms with Crippen LogP contribution < -0.4 is 15.4 Å². The van der Waals surface area contributed by atoms with Crippen molar-refractivity contribution in [2.45, 2.75) is 13.0 Å². The maximum Gasteiger partial charge on any atom is 0.248 e. The van der Waals surface area contributed by atoms with Crippen LogP contribution in [0, 0.1) is 0 Å². The molecule has 7 nitrogen and oxygen atoms in total. The summed E-state index contributed by atoms with van der Waals surface area (Å²) in [6.45, 7) is 1.61. The first kappa shape index (κ1) is 20.2. The van der Waals surface area contributed by atoms with Gasteiger partial charge in [0.05, 0.1) is 7.11 Å². The molecule has 0 saturated carbocycles. The standard InChI is InChI=1S/C21H20N4O3S/c1-14(22-18(26)13-8-15-6-4-3-5-7-15)19(27)23-21-25-24-20(29-21)16-9-11-17(28-2)12-10-16/h3-14H,1-2H3,(H,22,26)(H,23,25,27)/b13-8+. The molecule has 2 N–H and O–H groups in total. The predicted octanol–water partition coefficient (Wildman–Crippen LogP) is 3.37. The minimum atomic E-state index is -0.726. The smallest absolute Gasteiger partial charge is 0.248 e. The zero-order chi connectivity index (χ0) is 20.6. The summed E-state index contributed by atoms with van der Waals surface area (Å²) in [5, 5.41) is 14.4. The summed E-state index contributed by atoms with van der Waals surface area (Å²) in [6.07, 6.45) is 3.08. The third kappa shape index (κ3) is 5.73. The molecular formula is C21H20N4O3S. The van der Waals surface area contributed by atoms with Crippen molar-refractivity contribution in [1.82, 2.24) is 15.5 Å². The first-order chi connectivity index (χ1) is 14.0. The van der Waals surface area contributed by atoms with Gasteiger partial charge >= 0.3 is 0 Å². The molecule has 1 heterocycles. The van der Waals surface area contributed by atoms with E-state index in [2.05, 4.69) is 20.8 Å². The monoisotopic (exact) mass is 408 g/mol. The van der Waals surface area contributed by atoms with E-state index in [0.29, 0.717) is 10.1 Å². The minimum absolute atomic E-state index is 0.354. The van der Waals surface area contributed by atoms with Gasteiger partial charge in [-0.3, -0.25) is 14.9 Å². The average molecular weight is 408 g/mol. The van der Waals surface area contributed by atoms with E-state index in [9.17, 15) is 9.59 Å². The lowest BCUT2D eigenvalue weighted by Gasteiger charge is -2.11. The van der Waals surface area contributed by atoms with Gasteiger partial charge in [-0.1, -0.05) is 41.7 Å². The molecule has 0 radical (unpaired) electrons. The normalized spacial score (nSPS) is 11.8. The van der Waals surface area contributed by atoms with Crippen LogP contribution in [0.15, 0.2) is 60.7 Å². The van der Waals surface area contributed by atoms with Gasteiger partial charge in [-0.15, -0.1) is 10.2 Å². The largest absolute Gasteiger partial charge is 0.497 e. The van der Waals surface area contributed by atoms with Crippen LogP contribution in [0.4, 0.5) is 5.13 Å². The summed E-state index contributed by atoms with van der Waals surface area (Å²) < 4.78 is 5.13. The Morgan fingerprint density at radius 2 is 1.79 bits per heavy atom. The first-order valence-corrected chi connectivity index (χ1v) is 9.69. The average Bonchev–Trinajstić information content (AvgIpc) is 3.21. The van der Waals surface area contributed by atoms with Gasteiger partial charge in [0.2, 0.25) is 16.9 Å². The molecule has 0 saturated heterocycles. The Balaban J connectivity index is 1.54. The number of anilines is 1. The van der Waals surface area contributed by atoms with Gasteiger partial charge in [0.1, 0.15) is 16.8 Å². The lowest BCUT2D eigenvalue weighted by molar-refractivity contribution is -0.123. The number of carbonyl (C=O) groups is 2. The zero-order valence-electron chi connectivity index (χ0n) is 16.0. The van der Waals surface area contributed by atoms with E-state index >= 15 is 0 Å². The van der Waals surface area contributed by atoms with Crippen LogP contribution in [0.1, 0.15) is 12.5 Å². The van der Waals surface area contributed by atoms with Crippen molar-refractivity contribution in [3.05, 3.63) is 66.2 Å². The summed E-state index contributed by atoms with van der Waals surface area (Å²) in [7, 11) is 1.60. The van der Waals surface area contributed by atoms with E-state index in [4.69, 9.17) is 4.74 Å². The second-order valence-corrected chi connectivity index (χ2v) is 7.08. The van der Waals surface area contributed by atoms with Gasteiger partial charge in [-0.25, -0.2) is 0 Å². The predicted molar refractivity (Wildman–Crippen MR) is 114 cm³/mol. The van der Waals surface area contributed by atoms with Crippen LogP contribution in [0.2, 0.25) is 0 Å². The molecule has 2 amide bonds. The van der Waals surface area contributed by atoms with Crippen LogP contribution in [0.5, 0.6) is 5.75 Å². The summed E-state index contributed by atoms with van der Waals surface area (Å²) in [6, 6.07) is 16.1. The maximum absolute atomic E-state index is 12.3. The number of benzene rings is 2. The number of nitrogens with one attached hydrogen (secondary N) is 2. The van der Waals surface area contributed by atoms with Crippen molar-refractivity contribution in [2.24, 2.45) is 0 Å². The van der Waals surface area contributed by atoms with E-state index in [1.54, 1.807) is 20.1 Å². The second-order valence-electron chi connectivity index (χ2n) is 6.10. The summed E-state index contributed by atoms with van der Waals surface area (Å²) in [4.78, 5) is 24.3. The highest BCUT2D eigenvalue weighted by Crippen LogP contribution is 2.27. The van der Waals surface area contributed by atoms with Crippen LogP contribution >= 0.6 is 11.3 Å². The van der Waals surface area contributed by atoms with Crippen molar-refractivity contribution < 1.29 is 14.3 Å². The molecule has 2 aromatic carbocycles. The molecule has 1 unspecified atom stereocenters. The molecule has 0 aliphatic carbocycles. The molecule has 8 heteroatoms. The number of aromatic nitrogens is 2. The number of methoxy groups -OCH3 is 1. The topological polar surface area (TPSA) is 93.2 Å². The Labute approximate surface area is 172 Å². The lowest BCUT2D eigenvalue weighted by atomic mass is 10.2. The zero-order valence-corrected chi connectivity index (χ0v) is 16.8. The lowest BCUT2D eigenvalue weighted by Crippen LogP contribution is -2.40. The Morgan fingerprint density at radius 3 is 2.48 bits per heavy atom. The SMILES string of the molecule is COc1ccc(-c2nnc(NC(=O)C(C)NC(=O)/C=C/c3ccccc3)s2)cc1. The molecule has 0 bridgehead atoms. The van der Waals surface area contributed by atoms with Crippen molar-refractivity contribution in [3.8, 4) is 16.3 Å². The van der Waals surface area contributed by atoms with Crippen LogP contribution in [-0.4, -0.2) is 35.2 Å². The second kappa shape index (κ2) is 9.61. The molecule has 1 atom stereocenters. The van der Waals surface area contributed by atoms with Gasteiger partial charge in [0.15, 0.2) is 0 Å². The Kier molecular flexibility index (Phi) is 6.70. The van der Waals surface area contributed by atoms with E-state index in [-0.39, 0.29) is 11.8 Å². The van der Waals surface area contributed by atoms with Gasteiger partial charge in [-0.05, 0) is 42.8 Å². The van der Waals surface area contributed by atoms with E-state index < -0.39 is 6.04 Å². The molecule has 0 fully saturated rings. The molecule has 148 valence electrons. The fraction of sp³-hybridized carbons (Fsp3) is 0.143. The fourth-order valence-electron chi connectivity index (χ4n) is 2.40. The number of hydrogen-bond acceptors (Lipinski definition) is 6. The van der Waals surface area contributed by atoms with Crippen LogP contribution in [0.25, 0.3) is 16.6 Å². The van der Waals surface area contributed by atoms with Crippen molar-refractivity contribution in [2.75, 3.05) is 12.4 Å². The third-order valence-electron chi connectivity index (χ3n) is 3.97. The summed E-state index contributed by atoms with van der Waals surface area (Å²) in [5.41, 5.74) is 1.77. The van der Waals surface area contributed by atoms with Gasteiger partial charge in [0, 0.05) is 11.6 Å². The quantitative estimate of drug-likeness (QED) is 0.585. The number of hydrogen-bond donors (Lipinski definition) is 2. The summed E-state index contributed by atoms with van der Waals surface area (Å²) >= 11 is 1.25. The third-order valence-corrected chi connectivity index (χ3v) is 4.86. The molecular weight excluding hydrogens is 388 g/mol. The molecule has 0 aliphatic rings. The number of ether oxygens (including phenoxy) is 1. The van der Waals surface area contributed by atoms with E-state index in [1.807, 2.05) is 54.6 Å². The van der Waals surface area contributed by atoms with Gasteiger partial charge in [-0.2, -0.15) is 0 Å². The molecule has 1 aromatic heterocycles.